The predicted molar refractivity (Wildman–Crippen MR) is 68.3 cm³/mol. The first-order valence-corrected chi connectivity index (χ1v) is 6.60. The smallest absolute Gasteiger partial charge is 0.223 e. The lowest BCUT2D eigenvalue weighted by atomic mass is 10.1. The van der Waals surface area contributed by atoms with E-state index in [1.807, 2.05) is 18.4 Å². The Morgan fingerprint density at radius 3 is 2.88 bits per heavy atom. The van der Waals surface area contributed by atoms with Crippen LogP contribution in [0.15, 0.2) is 17.5 Å². The minimum Gasteiger partial charge on any atom is -0.348 e. The van der Waals surface area contributed by atoms with Crippen LogP contribution in [0.25, 0.3) is 0 Å². The van der Waals surface area contributed by atoms with Crippen molar-refractivity contribution in [3.8, 4) is 0 Å². The van der Waals surface area contributed by atoms with Crippen LogP contribution < -0.4 is 11.1 Å². The van der Waals surface area contributed by atoms with Gasteiger partial charge in [0.15, 0.2) is 0 Å². The predicted octanol–water partition coefficient (Wildman–Crippen LogP) is 2.30. The summed E-state index contributed by atoms with van der Waals surface area (Å²) in [6, 6.07) is 4.22. The Kier molecular flexibility index (Phi) is 5.49. The molecule has 3 N–H and O–H groups in total. The third kappa shape index (κ3) is 3.61. The fraction of sp³-hybridized carbons (Fsp3) is 0.583. The second-order valence-electron chi connectivity index (χ2n) is 3.96. The molecular formula is C12H20N2OS. The van der Waals surface area contributed by atoms with Crippen LogP contribution in [0.5, 0.6) is 0 Å². The molecule has 0 saturated carbocycles. The van der Waals surface area contributed by atoms with Gasteiger partial charge in [-0.25, -0.2) is 0 Å². The number of thiophene rings is 1. The van der Waals surface area contributed by atoms with Crippen LogP contribution in [-0.4, -0.2) is 12.5 Å². The number of carbonyl (C=O) groups is 1. The normalized spacial score (nSPS) is 14.4. The van der Waals surface area contributed by atoms with E-state index in [1.165, 1.54) is 4.88 Å². The molecule has 1 aromatic heterocycles. The Hall–Kier alpha value is -0.870. The lowest BCUT2D eigenvalue weighted by molar-refractivity contribution is -0.125. The van der Waals surface area contributed by atoms with Gasteiger partial charge in [0, 0.05) is 10.8 Å². The van der Waals surface area contributed by atoms with Crippen molar-refractivity contribution < 1.29 is 4.79 Å². The van der Waals surface area contributed by atoms with Crippen LogP contribution in [-0.2, 0) is 4.79 Å². The molecule has 0 bridgehead atoms. The summed E-state index contributed by atoms with van der Waals surface area (Å²) in [4.78, 5) is 13.1. The highest BCUT2D eigenvalue weighted by atomic mass is 32.1. The zero-order chi connectivity index (χ0) is 12.0. The van der Waals surface area contributed by atoms with Crippen molar-refractivity contribution in [2.75, 3.05) is 6.54 Å². The SMILES string of the molecule is CCC(NC(=O)C(C)CCN)c1cccs1. The average Bonchev–Trinajstić information content (AvgIpc) is 2.79. The first kappa shape index (κ1) is 13.2. The van der Waals surface area contributed by atoms with Crippen molar-refractivity contribution in [1.82, 2.24) is 5.32 Å². The van der Waals surface area contributed by atoms with E-state index in [1.54, 1.807) is 11.3 Å². The molecule has 0 aromatic carbocycles. The second-order valence-corrected chi connectivity index (χ2v) is 4.94. The fourth-order valence-electron chi connectivity index (χ4n) is 1.56. The number of hydrogen-bond acceptors (Lipinski definition) is 3. The summed E-state index contributed by atoms with van der Waals surface area (Å²) in [7, 11) is 0. The van der Waals surface area contributed by atoms with E-state index in [9.17, 15) is 4.79 Å². The van der Waals surface area contributed by atoms with Gasteiger partial charge in [-0.05, 0) is 30.8 Å². The van der Waals surface area contributed by atoms with Gasteiger partial charge in [0.2, 0.25) is 5.91 Å². The Labute approximate surface area is 101 Å². The average molecular weight is 240 g/mol. The van der Waals surface area contributed by atoms with Crippen molar-refractivity contribution in [2.45, 2.75) is 32.7 Å². The van der Waals surface area contributed by atoms with Gasteiger partial charge >= 0.3 is 0 Å². The van der Waals surface area contributed by atoms with Crippen LogP contribution in [0.4, 0.5) is 0 Å². The molecule has 0 aliphatic rings. The van der Waals surface area contributed by atoms with Gasteiger partial charge < -0.3 is 11.1 Å². The van der Waals surface area contributed by atoms with Crippen molar-refractivity contribution in [3.05, 3.63) is 22.4 Å². The molecule has 0 radical (unpaired) electrons. The number of nitrogens with two attached hydrogens (primary N) is 1. The first-order chi connectivity index (χ1) is 7.69. The zero-order valence-electron chi connectivity index (χ0n) is 9.90. The summed E-state index contributed by atoms with van der Waals surface area (Å²) >= 11 is 1.68. The molecule has 1 amide bonds. The quantitative estimate of drug-likeness (QED) is 0.801. The van der Waals surface area contributed by atoms with E-state index >= 15 is 0 Å². The van der Waals surface area contributed by atoms with E-state index in [-0.39, 0.29) is 17.9 Å². The Morgan fingerprint density at radius 2 is 2.38 bits per heavy atom. The van der Waals surface area contributed by atoms with Crippen molar-refractivity contribution in [3.63, 3.8) is 0 Å². The summed E-state index contributed by atoms with van der Waals surface area (Å²) in [6.45, 7) is 4.56. The topological polar surface area (TPSA) is 55.1 Å². The molecule has 4 heteroatoms. The minimum absolute atomic E-state index is 0.000915. The first-order valence-electron chi connectivity index (χ1n) is 5.72. The maximum atomic E-state index is 11.8. The summed E-state index contributed by atoms with van der Waals surface area (Å²) in [6.07, 6.45) is 1.66. The van der Waals surface area contributed by atoms with Gasteiger partial charge in [-0.2, -0.15) is 0 Å². The molecule has 3 nitrogen and oxygen atoms in total. The fourth-order valence-corrected chi connectivity index (χ4v) is 2.42. The third-order valence-electron chi connectivity index (χ3n) is 2.66. The molecule has 0 saturated heterocycles. The van der Waals surface area contributed by atoms with E-state index < -0.39 is 0 Å². The number of nitrogens with one attached hydrogen (secondary N) is 1. The molecule has 16 heavy (non-hydrogen) atoms. The molecular weight excluding hydrogens is 220 g/mol. The highest BCUT2D eigenvalue weighted by Crippen LogP contribution is 2.22. The molecule has 0 spiro atoms. The van der Waals surface area contributed by atoms with Crippen LogP contribution in [0, 0.1) is 5.92 Å². The van der Waals surface area contributed by atoms with Gasteiger partial charge in [-0.15, -0.1) is 11.3 Å². The number of carbonyl (C=O) groups excluding carboxylic acids is 1. The standard InChI is InChI=1S/C12H20N2OS/c1-3-10(11-5-4-8-16-11)14-12(15)9(2)6-7-13/h4-5,8-10H,3,6-7,13H2,1-2H3,(H,14,15). The van der Waals surface area contributed by atoms with Crippen molar-refractivity contribution >= 4 is 17.2 Å². The maximum absolute atomic E-state index is 11.8. The maximum Gasteiger partial charge on any atom is 0.223 e. The number of hydrogen-bond donors (Lipinski definition) is 2. The van der Waals surface area contributed by atoms with Gasteiger partial charge in [-0.1, -0.05) is 19.9 Å². The Bertz CT molecular complexity index is 311. The summed E-state index contributed by atoms with van der Waals surface area (Å²) < 4.78 is 0. The zero-order valence-corrected chi connectivity index (χ0v) is 10.7. The van der Waals surface area contributed by atoms with Crippen LogP contribution >= 0.6 is 11.3 Å². The highest BCUT2D eigenvalue weighted by molar-refractivity contribution is 7.10. The van der Waals surface area contributed by atoms with Crippen LogP contribution in [0.2, 0.25) is 0 Å². The molecule has 1 aromatic rings. The Morgan fingerprint density at radius 1 is 1.62 bits per heavy atom. The largest absolute Gasteiger partial charge is 0.348 e. The molecule has 2 atom stereocenters. The van der Waals surface area contributed by atoms with Crippen molar-refractivity contribution in [1.29, 1.82) is 0 Å². The molecule has 2 unspecified atom stereocenters. The molecule has 1 heterocycles. The molecule has 0 fully saturated rings. The monoisotopic (exact) mass is 240 g/mol. The lowest BCUT2D eigenvalue weighted by Gasteiger charge is -2.18. The van der Waals surface area contributed by atoms with E-state index in [2.05, 4.69) is 18.3 Å². The number of rotatable bonds is 6. The third-order valence-corrected chi connectivity index (χ3v) is 3.64. The summed E-state index contributed by atoms with van der Waals surface area (Å²) in [5, 5.41) is 5.10. The molecule has 90 valence electrons. The van der Waals surface area contributed by atoms with Gasteiger partial charge in [-0.3, -0.25) is 4.79 Å². The van der Waals surface area contributed by atoms with Crippen LogP contribution in [0.3, 0.4) is 0 Å². The van der Waals surface area contributed by atoms with Gasteiger partial charge in [0.1, 0.15) is 0 Å². The van der Waals surface area contributed by atoms with Crippen LogP contribution in [0.1, 0.15) is 37.6 Å². The summed E-state index contributed by atoms with van der Waals surface area (Å²) in [5.41, 5.74) is 5.45. The van der Waals surface area contributed by atoms with Crippen molar-refractivity contribution in [2.24, 2.45) is 11.7 Å². The summed E-state index contributed by atoms with van der Waals surface area (Å²) in [5.74, 6) is 0.102. The van der Waals surface area contributed by atoms with Gasteiger partial charge in [0.25, 0.3) is 0 Å². The van der Waals surface area contributed by atoms with E-state index in [0.29, 0.717) is 6.54 Å². The second kappa shape index (κ2) is 6.66. The highest BCUT2D eigenvalue weighted by Gasteiger charge is 2.17. The van der Waals surface area contributed by atoms with E-state index in [4.69, 9.17) is 5.73 Å². The minimum atomic E-state index is -0.000915. The molecule has 1 rings (SSSR count). The van der Waals surface area contributed by atoms with E-state index in [0.717, 1.165) is 12.8 Å². The Balaban J connectivity index is 2.54. The molecule has 0 aliphatic carbocycles. The van der Waals surface area contributed by atoms with Gasteiger partial charge in [0.05, 0.1) is 6.04 Å². The lowest BCUT2D eigenvalue weighted by Crippen LogP contribution is -2.33. The number of amides is 1. The molecule has 0 aliphatic heterocycles.